The fraction of sp³-hybridized carbons (Fsp3) is 1.00. The van der Waals surface area contributed by atoms with Gasteiger partial charge in [0.05, 0.1) is 0 Å². The van der Waals surface area contributed by atoms with Gasteiger partial charge in [-0.15, -0.1) is 12.4 Å². The average molecular weight is 137 g/mol. The van der Waals surface area contributed by atoms with Crippen LogP contribution in [0.25, 0.3) is 0 Å². The first-order valence-electron chi connectivity index (χ1n) is 2.81. The van der Waals surface area contributed by atoms with E-state index in [9.17, 15) is 0 Å². The highest BCUT2D eigenvalue weighted by Crippen LogP contribution is 1.93. The lowest BCUT2D eigenvalue weighted by atomic mass is 10.3. The first-order valence-corrected chi connectivity index (χ1v) is 2.81. The fourth-order valence-corrected chi connectivity index (χ4v) is 0.901. The van der Waals surface area contributed by atoms with Crippen LogP contribution in [0.2, 0.25) is 0 Å². The Kier molecular flexibility index (Phi) is 4.23. The van der Waals surface area contributed by atoms with Crippen molar-refractivity contribution in [2.24, 2.45) is 0 Å². The lowest BCUT2D eigenvalue weighted by molar-refractivity contribution is 0.611. The third kappa shape index (κ3) is 1.99. The Morgan fingerprint density at radius 1 is 1.62 bits per heavy atom. The molecule has 1 fully saturated rings. The number of rotatable bonds is 1. The van der Waals surface area contributed by atoms with Crippen LogP contribution in [0.1, 0.15) is 6.42 Å². The zero-order chi connectivity index (χ0) is 5.11. The van der Waals surface area contributed by atoms with Crippen LogP contribution in [-0.2, 0) is 0 Å². The summed E-state index contributed by atoms with van der Waals surface area (Å²) >= 11 is 0. The molecule has 0 amide bonds. The van der Waals surface area contributed by atoms with E-state index in [-0.39, 0.29) is 12.4 Å². The molecule has 50 valence electrons. The molecule has 2 nitrogen and oxygen atoms in total. The highest BCUT2D eigenvalue weighted by Gasteiger charge is 2.09. The molecule has 0 aromatic heterocycles. The maximum absolute atomic E-state index is 3.26. The molecule has 3 heteroatoms. The summed E-state index contributed by atoms with van der Waals surface area (Å²) in [4.78, 5) is 0. The second-order valence-electron chi connectivity index (χ2n) is 1.98. The van der Waals surface area contributed by atoms with E-state index in [1.807, 2.05) is 7.05 Å². The van der Waals surface area contributed by atoms with Crippen LogP contribution in [0.3, 0.4) is 0 Å². The smallest absolute Gasteiger partial charge is 0.0201 e. The minimum Gasteiger partial charge on any atom is -0.316 e. The van der Waals surface area contributed by atoms with Crippen LogP contribution in [0.5, 0.6) is 0 Å². The van der Waals surface area contributed by atoms with E-state index >= 15 is 0 Å². The topological polar surface area (TPSA) is 24.1 Å². The number of hydrogen-bond acceptors (Lipinski definition) is 2. The van der Waals surface area contributed by atoms with Crippen molar-refractivity contribution >= 4 is 12.4 Å². The van der Waals surface area contributed by atoms with Gasteiger partial charge in [-0.05, 0) is 20.0 Å². The van der Waals surface area contributed by atoms with Crippen molar-refractivity contribution in [3.63, 3.8) is 0 Å². The van der Waals surface area contributed by atoms with Crippen LogP contribution >= 0.6 is 12.4 Å². The van der Waals surface area contributed by atoms with Crippen LogP contribution < -0.4 is 10.6 Å². The van der Waals surface area contributed by atoms with E-state index in [4.69, 9.17) is 0 Å². The van der Waals surface area contributed by atoms with E-state index in [1.165, 1.54) is 13.0 Å². The van der Waals surface area contributed by atoms with E-state index in [2.05, 4.69) is 10.6 Å². The second kappa shape index (κ2) is 4.13. The molecular weight excluding hydrogens is 124 g/mol. The zero-order valence-electron chi connectivity index (χ0n) is 5.11. The van der Waals surface area contributed by atoms with Gasteiger partial charge in [-0.25, -0.2) is 0 Å². The van der Waals surface area contributed by atoms with Gasteiger partial charge in [0.15, 0.2) is 0 Å². The monoisotopic (exact) mass is 136 g/mol. The molecule has 0 saturated carbocycles. The molecule has 0 aromatic rings. The van der Waals surface area contributed by atoms with Crippen LogP contribution in [0.15, 0.2) is 0 Å². The van der Waals surface area contributed by atoms with Gasteiger partial charge < -0.3 is 10.6 Å². The van der Waals surface area contributed by atoms with Gasteiger partial charge in [0.1, 0.15) is 0 Å². The molecule has 1 rings (SSSR count). The Morgan fingerprint density at radius 3 is 2.62 bits per heavy atom. The van der Waals surface area contributed by atoms with E-state index in [0.29, 0.717) is 0 Å². The molecule has 1 heterocycles. The van der Waals surface area contributed by atoms with Gasteiger partial charge in [-0.2, -0.15) is 0 Å². The Morgan fingerprint density at radius 2 is 2.38 bits per heavy atom. The number of hydrogen-bond donors (Lipinski definition) is 2. The van der Waals surface area contributed by atoms with Gasteiger partial charge in [0, 0.05) is 12.6 Å². The molecule has 1 aliphatic heterocycles. The van der Waals surface area contributed by atoms with Crippen molar-refractivity contribution in [2.45, 2.75) is 12.5 Å². The van der Waals surface area contributed by atoms with Crippen molar-refractivity contribution in [1.29, 1.82) is 0 Å². The van der Waals surface area contributed by atoms with E-state index in [1.54, 1.807) is 0 Å². The summed E-state index contributed by atoms with van der Waals surface area (Å²) in [5.74, 6) is 0. The molecule has 0 spiro atoms. The molecule has 8 heavy (non-hydrogen) atoms. The van der Waals surface area contributed by atoms with E-state index < -0.39 is 0 Å². The Hall–Kier alpha value is 0.210. The highest BCUT2D eigenvalue weighted by atomic mass is 35.5. The SMILES string of the molecule is CNC1CCNC1.Cl. The molecule has 0 aromatic carbocycles. The summed E-state index contributed by atoms with van der Waals surface area (Å²) in [6.07, 6.45) is 1.29. The number of halogens is 1. The van der Waals surface area contributed by atoms with Crippen molar-refractivity contribution < 1.29 is 0 Å². The summed E-state index contributed by atoms with van der Waals surface area (Å²) < 4.78 is 0. The molecule has 0 bridgehead atoms. The standard InChI is InChI=1S/C5H12N2.ClH/c1-6-5-2-3-7-4-5;/h5-7H,2-4H2,1H3;1H. The quantitative estimate of drug-likeness (QED) is 0.530. The molecule has 1 aliphatic rings. The molecule has 2 N–H and O–H groups in total. The molecule has 1 unspecified atom stereocenters. The Labute approximate surface area is 56.4 Å². The summed E-state index contributed by atoms with van der Waals surface area (Å²) in [5.41, 5.74) is 0. The third-order valence-corrected chi connectivity index (χ3v) is 1.47. The third-order valence-electron chi connectivity index (χ3n) is 1.47. The van der Waals surface area contributed by atoms with Crippen LogP contribution in [-0.4, -0.2) is 26.2 Å². The summed E-state index contributed by atoms with van der Waals surface area (Å²) in [5, 5.41) is 6.46. The molecular formula is C5H13ClN2. The minimum atomic E-state index is 0. The minimum absolute atomic E-state index is 0. The van der Waals surface area contributed by atoms with Gasteiger partial charge in [0.2, 0.25) is 0 Å². The molecule has 0 radical (unpaired) electrons. The first-order chi connectivity index (χ1) is 3.43. The van der Waals surface area contributed by atoms with Gasteiger partial charge in [-0.1, -0.05) is 0 Å². The molecule has 1 atom stereocenters. The van der Waals surface area contributed by atoms with Crippen molar-refractivity contribution in [3.05, 3.63) is 0 Å². The lowest BCUT2D eigenvalue weighted by Gasteiger charge is -2.02. The van der Waals surface area contributed by atoms with Crippen molar-refractivity contribution in [1.82, 2.24) is 10.6 Å². The van der Waals surface area contributed by atoms with Crippen LogP contribution in [0, 0.1) is 0 Å². The summed E-state index contributed by atoms with van der Waals surface area (Å²) in [7, 11) is 2.01. The predicted octanol–water partition coefficient (Wildman–Crippen LogP) is -0.0105. The Balaban J connectivity index is 0.000000490. The Bertz CT molecular complexity index is 52.4. The highest BCUT2D eigenvalue weighted by molar-refractivity contribution is 5.85. The maximum Gasteiger partial charge on any atom is 0.0201 e. The maximum atomic E-state index is 3.26. The first kappa shape index (κ1) is 8.21. The second-order valence-corrected chi connectivity index (χ2v) is 1.98. The van der Waals surface area contributed by atoms with Crippen molar-refractivity contribution in [3.8, 4) is 0 Å². The predicted molar refractivity (Wildman–Crippen MR) is 37.6 cm³/mol. The van der Waals surface area contributed by atoms with Crippen LogP contribution in [0.4, 0.5) is 0 Å². The van der Waals surface area contributed by atoms with Gasteiger partial charge >= 0.3 is 0 Å². The molecule has 1 saturated heterocycles. The van der Waals surface area contributed by atoms with Gasteiger partial charge in [0.25, 0.3) is 0 Å². The summed E-state index contributed by atoms with van der Waals surface area (Å²) in [6.45, 7) is 2.34. The van der Waals surface area contributed by atoms with Crippen molar-refractivity contribution in [2.75, 3.05) is 20.1 Å². The zero-order valence-corrected chi connectivity index (χ0v) is 5.92. The fourth-order valence-electron chi connectivity index (χ4n) is 0.901. The van der Waals surface area contributed by atoms with Gasteiger partial charge in [-0.3, -0.25) is 0 Å². The largest absolute Gasteiger partial charge is 0.316 e. The molecule has 0 aliphatic carbocycles. The number of likely N-dealkylation sites (N-methyl/N-ethyl adjacent to an activating group) is 1. The average Bonchev–Trinajstić information content (AvgIpc) is 2.14. The summed E-state index contributed by atoms with van der Waals surface area (Å²) in [6, 6.07) is 0.736. The number of nitrogens with one attached hydrogen (secondary N) is 2. The normalized spacial score (nSPS) is 27.4. The van der Waals surface area contributed by atoms with E-state index in [0.717, 1.165) is 12.6 Å². The lowest BCUT2D eigenvalue weighted by Crippen LogP contribution is -2.26.